The highest BCUT2D eigenvalue weighted by Gasteiger charge is 2.46. The minimum absolute atomic E-state index is 0.0488. The largest absolute Gasteiger partial charge is 0.494 e. The third-order valence-corrected chi connectivity index (χ3v) is 12.7. The number of hydrogen-bond donors (Lipinski definition) is 0. The molecule has 7 aliphatic rings. The monoisotopic (exact) mass is 814 g/mol. The summed E-state index contributed by atoms with van der Waals surface area (Å²) in [4.78, 5) is 10.3. The van der Waals surface area contributed by atoms with Gasteiger partial charge in [-0.3, -0.25) is 0 Å². The number of fused-ring (bicyclic) bond motifs is 4. The lowest BCUT2D eigenvalue weighted by Crippen LogP contribution is -2.39. The van der Waals surface area contributed by atoms with Gasteiger partial charge < -0.3 is 28.4 Å². The first-order chi connectivity index (χ1) is 29.0. The summed E-state index contributed by atoms with van der Waals surface area (Å²) in [6.45, 7) is 21.3. The summed E-state index contributed by atoms with van der Waals surface area (Å²) < 4.78 is 37.7. The number of aryl methyl sites for hydroxylation is 4. The van der Waals surface area contributed by atoms with Gasteiger partial charge in [-0.05, 0) is 148 Å². The standard InChI is InChI=1S/C52H66N2O6/c1-9-52(10-2)49-53-43(33-59-49)31-39-15-19-45(20-16-39)55-23-11-13-25-57-47-35(3)27-41(28-36(47)4)51(7,8)42-29-37(5)48(38(6)30-42)58-26-14-12-24-56-46-21-17-40(18-22-46)32-44-34-60-50(52)54-44/h15-22,27-30,43-44H,9-14,23-26,31-34H2,1-8H3/t43-,44-/m0/s1. The van der Waals surface area contributed by atoms with E-state index in [0.717, 1.165) is 108 Å². The summed E-state index contributed by atoms with van der Waals surface area (Å²) in [5, 5.41) is 0. The van der Waals surface area contributed by atoms with Crippen LogP contribution in [0.25, 0.3) is 0 Å². The number of ether oxygens (including phenoxy) is 6. The van der Waals surface area contributed by atoms with Crippen LogP contribution in [0.15, 0.2) is 82.8 Å². The van der Waals surface area contributed by atoms with Crippen LogP contribution in [0, 0.1) is 33.1 Å². The Balaban J connectivity index is 1.05. The first-order valence-electron chi connectivity index (χ1n) is 22.3. The van der Waals surface area contributed by atoms with Crippen LogP contribution < -0.4 is 18.9 Å². The molecule has 0 aromatic heterocycles. The van der Waals surface area contributed by atoms with E-state index in [9.17, 15) is 0 Å². The van der Waals surface area contributed by atoms with Crippen LogP contribution in [0.4, 0.5) is 0 Å². The minimum Gasteiger partial charge on any atom is -0.494 e. The first kappa shape index (κ1) is 43.1. The van der Waals surface area contributed by atoms with Crippen LogP contribution >= 0.6 is 0 Å². The van der Waals surface area contributed by atoms with Crippen LogP contribution in [-0.4, -0.2) is 63.5 Å². The van der Waals surface area contributed by atoms with Crippen molar-refractivity contribution >= 4 is 11.8 Å². The molecule has 2 atom stereocenters. The minimum atomic E-state index is -0.453. The van der Waals surface area contributed by atoms with Gasteiger partial charge >= 0.3 is 0 Å². The Bertz CT molecular complexity index is 1940. The summed E-state index contributed by atoms with van der Waals surface area (Å²) in [6.07, 6.45) is 6.88. The third kappa shape index (κ3) is 9.80. The van der Waals surface area contributed by atoms with Crippen molar-refractivity contribution in [1.29, 1.82) is 0 Å². The van der Waals surface area contributed by atoms with Crippen molar-refractivity contribution in [3.63, 3.8) is 0 Å². The summed E-state index contributed by atoms with van der Waals surface area (Å²) in [5.74, 6) is 5.24. The fourth-order valence-corrected chi connectivity index (χ4v) is 8.88. The Kier molecular flexibility index (Phi) is 13.8. The molecule has 0 fully saturated rings. The summed E-state index contributed by atoms with van der Waals surface area (Å²) in [7, 11) is 0. The van der Waals surface area contributed by atoms with E-state index in [1.807, 2.05) is 0 Å². The van der Waals surface area contributed by atoms with E-state index in [0.29, 0.717) is 39.6 Å². The van der Waals surface area contributed by atoms with E-state index >= 15 is 0 Å². The summed E-state index contributed by atoms with van der Waals surface area (Å²) in [5.41, 5.74) is 8.99. The lowest BCUT2D eigenvalue weighted by molar-refractivity contribution is 0.244. The third-order valence-electron chi connectivity index (χ3n) is 12.7. The SMILES string of the molecule is CCC1(CC)C2=N[C@H](CO2)Cc2ccc(cc2)OCCCCOc2c(C)cc(cc2C)C(C)(C)c2cc(C)c(c(C)c2)OCCCCOc2ccc(cc2)C[C@H]2COC1=N2. The second kappa shape index (κ2) is 19.2. The molecule has 12 bridgehead atoms. The molecule has 4 aromatic rings. The topological polar surface area (TPSA) is 80.1 Å². The maximum absolute atomic E-state index is 6.37. The second-order valence-corrected chi connectivity index (χ2v) is 17.6. The van der Waals surface area contributed by atoms with Gasteiger partial charge in [0.1, 0.15) is 41.6 Å². The molecule has 11 rings (SSSR count). The van der Waals surface area contributed by atoms with Gasteiger partial charge in [-0.1, -0.05) is 76.2 Å². The second-order valence-electron chi connectivity index (χ2n) is 17.6. The van der Waals surface area contributed by atoms with Gasteiger partial charge in [0.05, 0.1) is 38.5 Å². The molecule has 0 saturated carbocycles. The average molecular weight is 815 g/mol. The number of hydrogen-bond acceptors (Lipinski definition) is 8. The van der Waals surface area contributed by atoms with E-state index in [1.165, 1.54) is 22.3 Å². The molecule has 7 heterocycles. The Morgan fingerprint density at radius 3 is 1.20 bits per heavy atom. The zero-order chi connectivity index (χ0) is 42.3. The molecule has 8 nitrogen and oxygen atoms in total. The maximum Gasteiger partial charge on any atom is 0.199 e. The molecule has 0 amide bonds. The van der Waals surface area contributed by atoms with Crippen molar-refractivity contribution in [2.45, 2.75) is 124 Å². The molecule has 60 heavy (non-hydrogen) atoms. The lowest BCUT2D eigenvalue weighted by Gasteiger charge is -2.29. The molecule has 320 valence electrons. The van der Waals surface area contributed by atoms with E-state index in [4.69, 9.17) is 38.4 Å². The molecular weight excluding hydrogens is 749 g/mol. The smallest absolute Gasteiger partial charge is 0.199 e. The predicted molar refractivity (Wildman–Crippen MR) is 242 cm³/mol. The zero-order valence-electron chi connectivity index (χ0n) is 37.3. The number of nitrogens with zero attached hydrogens (tertiary/aromatic N) is 2. The van der Waals surface area contributed by atoms with E-state index in [2.05, 4.69) is 128 Å². The number of rotatable bonds is 2. The average Bonchev–Trinajstić information content (AvgIpc) is 3.91. The zero-order valence-corrected chi connectivity index (χ0v) is 37.3. The molecule has 0 saturated heterocycles. The summed E-state index contributed by atoms with van der Waals surface area (Å²) >= 11 is 0. The molecule has 0 N–H and O–H groups in total. The molecule has 0 spiro atoms. The lowest BCUT2D eigenvalue weighted by atomic mass is 9.76. The van der Waals surface area contributed by atoms with Crippen molar-refractivity contribution in [1.82, 2.24) is 0 Å². The van der Waals surface area contributed by atoms with Crippen LogP contribution in [0.2, 0.25) is 0 Å². The number of aliphatic imine (C=N–C) groups is 2. The van der Waals surface area contributed by atoms with Gasteiger partial charge in [0.2, 0.25) is 0 Å². The Morgan fingerprint density at radius 1 is 0.500 bits per heavy atom. The van der Waals surface area contributed by atoms with Gasteiger partial charge in [-0.15, -0.1) is 0 Å². The molecule has 0 radical (unpaired) electrons. The summed E-state index contributed by atoms with van der Waals surface area (Å²) in [6, 6.07) is 26.1. The van der Waals surface area contributed by atoms with E-state index in [-0.39, 0.29) is 17.5 Å². The molecule has 0 unspecified atom stereocenters. The molecule has 0 aliphatic carbocycles. The first-order valence-corrected chi connectivity index (χ1v) is 22.3. The normalized spacial score (nSPS) is 20.9. The molecular formula is C52H66N2O6. The van der Waals surface area contributed by atoms with Crippen LogP contribution in [0.3, 0.4) is 0 Å². The van der Waals surface area contributed by atoms with Crippen molar-refractivity contribution in [2.24, 2.45) is 15.4 Å². The number of benzene rings is 4. The van der Waals surface area contributed by atoms with Crippen molar-refractivity contribution in [3.8, 4) is 23.0 Å². The van der Waals surface area contributed by atoms with Crippen molar-refractivity contribution < 1.29 is 28.4 Å². The van der Waals surface area contributed by atoms with Crippen LogP contribution in [-0.2, 0) is 27.7 Å². The Labute approximate surface area is 358 Å². The predicted octanol–water partition coefficient (Wildman–Crippen LogP) is 11.2. The van der Waals surface area contributed by atoms with Crippen molar-refractivity contribution in [3.05, 3.63) is 117 Å². The molecule has 8 heteroatoms. The maximum atomic E-state index is 6.37. The Hall–Kier alpha value is -4.98. The van der Waals surface area contributed by atoms with Gasteiger partial charge in [-0.2, -0.15) is 0 Å². The van der Waals surface area contributed by atoms with E-state index in [1.54, 1.807) is 0 Å². The van der Waals surface area contributed by atoms with Crippen LogP contribution in [0.1, 0.15) is 111 Å². The highest BCUT2D eigenvalue weighted by Crippen LogP contribution is 2.40. The highest BCUT2D eigenvalue weighted by molar-refractivity contribution is 6.06. The van der Waals surface area contributed by atoms with Crippen LogP contribution in [0.5, 0.6) is 23.0 Å². The quantitative estimate of drug-likeness (QED) is 0.200. The highest BCUT2D eigenvalue weighted by atomic mass is 16.5. The van der Waals surface area contributed by atoms with Crippen molar-refractivity contribution in [2.75, 3.05) is 39.6 Å². The Morgan fingerprint density at radius 2 is 0.850 bits per heavy atom. The molecule has 4 aromatic carbocycles. The van der Waals surface area contributed by atoms with E-state index < -0.39 is 5.41 Å². The van der Waals surface area contributed by atoms with Gasteiger partial charge in [0.15, 0.2) is 11.8 Å². The van der Waals surface area contributed by atoms with Gasteiger partial charge in [-0.25, -0.2) is 9.98 Å². The fourth-order valence-electron chi connectivity index (χ4n) is 8.88. The molecule has 7 aliphatic heterocycles. The fraction of sp³-hybridized carbons (Fsp3) is 0.500. The van der Waals surface area contributed by atoms with Gasteiger partial charge in [0.25, 0.3) is 0 Å². The van der Waals surface area contributed by atoms with Gasteiger partial charge in [0, 0.05) is 5.41 Å².